The molecule has 1 aromatic heterocycles. The van der Waals surface area contributed by atoms with E-state index >= 15 is 0 Å². The Balaban J connectivity index is 1.76. The topological polar surface area (TPSA) is 102 Å². The maximum absolute atomic E-state index is 12.3. The first kappa shape index (κ1) is 18.4. The molecule has 0 saturated heterocycles. The molecular formula is C19H15N3O4S. The second-order valence-electron chi connectivity index (χ2n) is 5.77. The van der Waals surface area contributed by atoms with Crippen LogP contribution in [0.1, 0.15) is 22.2 Å². The lowest BCUT2D eigenvalue weighted by atomic mass is 10.1. The van der Waals surface area contributed by atoms with E-state index in [4.69, 9.17) is 0 Å². The van der Waals surface area contributed by atoms with Gasteiger partial charge in [-0.25, -0.2) is 4.98 Å². The predicted molar refractivity (Wildman–Crippen MR) is 103 cm³/mol. The lowest BCUT2D eigenvalue weighted by Gasteiger charge is -2.02. The highest BCUT2D eigenvalue weighted by atomic mass is 32.1. The molecule has 136 valence electrons. The van der Waals surface area contributed by atoms with Crippen LogP contribution in [0.2, 0.25) is 0 Å². The summed E-state index contributed by atoms with van der Waals surface area (Å²) >= 11 is 1.13. The Kier molecular flexibility index (Phi) is 5.37. The van der Waals surface area contributed by atoms with Crippen molar-refractivity contribution in [2.45, 2.75) is 13.3 Å². The van der Waals surface area contributed by atoms with Gasteiger partial charge in [0.25, 0.3) is 5.69 Å². The SMILES string of the molecule is CC(=O)c1sc(NC(=O)Cc2ccc([N+](=O)[O-])cc2)nc1-c1ccccc1. The monoisotopic (exact) mass is 381 g/mol. The van der Waals surface area contributed by atoms with Crippen LogP contribution in [-0.2, 0) is 11.2 Å². The number of hydrogen-bond donors (Lipinski definition) is 1. The fourth-order valence-corrected chi connectivity index (χ4v) is 3.39. The van der Waals surface area contributed by atoms with Crippen LogP contribution >= 0.6 is 11.3 Å². The third-order valence-electron chi connectivity index (χ3n) is 3.75. The normalized spacial score (nSPS) is 10.4. The molecule has 0 saturated carbocycles. The van der Waals surface area contributed by atoms with Crippen LogP contribution in [0.3, 0.4) is 0 Å². The summed E-state index contributed by atoms with van der Waals surface area (Å²) in [6.45, 7) is 1.46. The van der Waals surface area contributed by atoms with Gasteiger partial charge in [0.05, 0.1) is 21.9 Å². The number of Topliss-reactive ketones (excluding diaryl/α,β-unsaturated/α-hetero) is 1. The van der Waals surface area contributed by atoms with Crippen molar-refractivity contribution in [2.75, 3.05) is 5.32 Å². The molecule has 0 aliphatic rings. The van der Waals surface area contributed by atoms with Crippen molar-refractivity contribution < 1.29 is 14.5 Å². The Morgan fingerprint density at radius 2 is 1.78 bits per heavy atom. The smallest absolute Gasteiger partial charge is 0.269 e. The molecule has 0 unspecified atom stereocenters. The lowest BCUT2D eigenvalue weighted by molar-refractivity contribution is -0.384. The summed E-state index contributed by atoms with van der Waals surface area (Å²) < 4.78 is 0. The quantitative estimate of drug-likeness (QED) is 0.393. The molecule has 0 fully saturated rings. The largest absolute Gasteiger partial charge is 0.302 e. The Hall–Kier alpha value is -3.39. The maximum Gasteiger partial charge on any atom is 0.269 e. The van der Waals surface area contributed by atoms with E-state index < -0.39 is 4.92 Å². The summed E-state index contributed by atoms with van der Waals surface area (Å²) in [7, 11) is 0. The van der Waals surface area contributed by atoms with Gasteiger partial charge in [-0.1, -0.05) is 53.8 Å². The average molecular weight is 381 g/mol. The maximum atomic E-state index is 12.3. The molecule has 3 aromatic rings. The Morgan fingerprint density at radius 1 is 1.11 bits per heavy atom. The van der Waals surface area contributed by atoms with Crippen molar-refractivity contribution in [1.29, 1.82) is 0 Å². The number of carbonyl (C=O) groups is 2. The number of nitrogens with zero attached hydrogens (tertiary/aromatic N) is 2. The second-order valence-corrected chi connectivity index (χ2v) is 6.77. The summed E-state index contributed by atoms with van der Waals surface area (Å²) in [5.74, 6) is -0.436. The summed E-state index contributed by atoms with van der Waals surface area (Å²) in [6.07, 6.45) is 0.0493. The number of nitrogens with one attached hydrogen (secondary N) is 1. The second kappa shape index (κ2) is 7.88. The van der Waals surface area contributed by atoms with Crippen molar-refractivity contribution in [1.82, 2.24) is 4.98 Å². The van der Waals surface area contributed by atoms with Crippen LogP contribution in [-0.4, -0.2) is 21.6 Å². The number of rotatable bonds is 6. The molecule has 1 amide bonds. The number of carbonyl (C=O) groups excluding carboxylic acids is 2. The van der Waals surface area contributed by atoms with Crippen LogP contribution in [0.15, 0.2) is 54.6 Å². The minimum atomic E-state index is -0.492. The summed E-state index contributed by atoms with van der Waals surface area (Å²) in [4.78, 5) is 39.2. The molecule has 0 radical (unpaired) electrons. The number of amides is 1. The fraction of sp³-hybridized carbons (Fsp3) is 0.105. The zero-order valence-electron chi connectivity index (χ0n) is 14.3. The van der Waals surface area contributed by atoms with Gasteiger partial charge >= 0.3 is 0 Å². The van der Waals surface area contributed by atoms with Gasteiger partial charge < -0.3 is 5.32 Å². The van der Waals surface area contributed by atoms with Crippen molar-refractivity contribution >= 4 is 33.8 Å². The van der Waals surface area contributed by atoms with Gasteiger partial charge in [-0.2, -0.15) is 0 Å². The first-order valence-corrected chi connectivity index (χ1v) is 8.86. The number of ketones is 1. The van der Waals surface area contributed by atoms with E-state index in [1.54, 1.807) is 0 Å². The third-order valence-corrected chi connectivity index (χ3v) is 4.82. The van der Waals surface area contributed by atoms with Gasteiger partial charge in [-0.15, -0.1) is 0 Å². The zero-order valence-corrected chi connectivity index (χ0v) is 15.2. The molecule has 0 atom stereocenters. The first-order chi connectivity index (χ1) is 12.9. The Bertz CT molecular complexity index is 998. The van der Waals surface area contributed by atoms with Crippen LogP contribution < -0.4 is 5.32 Å². The van der Waals surface area contributed by atoms with Gasteiger partial charge in [-0.05, 0) is 5.56 Å². The van der Waals surface area contributed by atoms with Crippen LogP contribution in [0, 0.1) is 10.1 Å². The predicted octanol–water partition coefficient (Wildman–Crippen LogP) is 4.10. The van der Waals surface area contributed by atoms with Gasteiger partial charge in [0, 0.05) is 24.6 Å². The molecule has 0 spiro atoms. The highest BCUT2D eigenvalue weighted by molar-refractivity contribution is 7.18. The number of hydrogen-bond acceptors (Lipinski definition) is 6. The highest BCUT2D eigenvalue weighted by Gasteiger charge is 2.18. The zero-order chi connectivity index (χ0) is 19.4. The molecule has 0 aliphatic heterocycles. The molecule has 8 heteroatoms. The number of nitro groups is 1. The number of thiazole rings is 1. The van der Waals surface area contributed by atoms with E-state index in [9.17, 15) is 19.7 Å². The standard InChI is InChI=1S/C19H15N3O4S/c1-12(23)18-17(14-5-3-2-4-6-14)21-19(27-18)20-16(24)11-13-7-9-15(10-8-13)22(25)26/h2-10H,11H2,1H3,(H,20,21,24). The molecule has 0 aliphatic carbocycles. The van der Waals surface area contributed by atoms with E-state index in [0.29, 0.717) is 21.3 Å². The van der Waals surface area contributed by atoms with E-state index in [2.05, 4.69) is 10.3 Å². The molecule has 3 rings (SSSR count). The molecule has 7 nitrogen and oxygen atoms in total. The Labute approximate surface area is 158 Å². The van der Waals surface area contributed by atoms with Gasteiger partial charge in [0.15, 0.2) is 10.9 Å². The van der Waals surface area contributed by atoms with Crippen LogP contribution in [0.4, 0.5) is 10.8 Å². The van der Waals surface area contributed by atoms with Crippen molar-refractivity contribution in [3.8, 4) is 11.3 Å². The molecule has 1 N–H and O–H groups in total. The number of benzene rings is 2. The van der Waals surface area contributed by atoms with Crippen molar-refractivity contribution in [3.63, 3.8) is 0 Å². The van der Waals surface area contributed by atoms with Crippen LogP contribution in [0.5, 0.6) is 0 Å². The molecule has 0 bridgehead atoms. The molecule has 27 heavy (non-hydrogen) atoms. The average Bonchev–Trinajstić information content (AvgIpc) is 3.07. The molecule has 2 aromatic carbocycles. The van der Waals surface area contributed by atoms with E-state index in [1.165, 1.54) is 31.2 Å². The van der Waals surface area contributed by atoms with Crippen molar-refractivity contribution in [2.24, 2.45) is 0 Å². The Morgan fingerprint density at radius 3 is 2.37 bits per heavy atom. The fourth-order valence-electron chi connectivity index (χ4n) is 2.49. The minimum absolute atomic E-state index is 0.0299. The molecule has 1 heterocycles. The number of nitro benzene ring substituents is 1. The lowest BCUT2D eigenvalue weighted by Crippen LogP contribution is -2.14. The van der Waals surface area contributed by atoms with E-state index in [0.717, 1.165) is 16.9 Å². The summed E-state index contributed by atoms with van der Waals surface area (Å²) in [6, 6.07) is 15.1. The van der Waals surface area contributed by atoms with Gasteiger partial charge in [0.2, 0.25) is 5.91 Å². The number of aromatic nitrogens is 1. The highest BCUT2D eigenvalue weighted by Crippen LogP contribution is 2.31. The van der Waals surface area contributed by atoms with E-state index in [-0.39, 0.29) is 23.8 Å². The van der Waals surface area contributed by atoms with Gasteiger partial charge in [-0.3, -0.25) is 19.7 Å². The summed E-state index contributed by atoms with van der Waals surface area (Å²) in [5.41, 5.74) is 1.95. The molecular weight excluding hydrogens is 366 g/mol. The van der Waals surface area contributed by atoms with E-state index in [1.807, 2.05) is 30.3 Å². The third kappa shape index (κ3) is 4.42. The minimum Gasteiger partial charge on any atom is -0.302 e. The first-order valence-electron chi connectivity index (χ1n) is 8.04. The van der Waals surface area contributed by atoms with Gasteiger partial charge in [0.1, 0.15) is 0 Å². The number of anilines is 1. The summed E-state index contributed by atoms with van der Waals surface area (Å²) in [5, 5.41) is 13.7. The number of non-ortho nitro benzene ring substituents is 1. The van der Waals surface area contributed by atoms with Crippen molar-refractivity contribution in [3.05, 3.63) is 75.2 Å². The van der Waals surface area contributed by atoms with Crippen LogP contribution in [0.25, 0.3) is 11.3 Å².